The predicted molar refractivity (Wildman–Crippen MR) is 76.9 cm³/mol. The molecule has 2 rings (SSSR count). The van der Waals surface area contributed by atoms with Crippen LogP contribution < -0.4 is 5.32 Å². The second kappa shape index (κ2) is 5.72. The third kappa shape index (κ3) is 3.70. The fourth-order valence-electron chi connectivity index (χ4n) is 1.55. The van der Waals surface area contributed by atoms with Crippen molar-refractivity contribution in [2.45, 2.75) is 17.7 Å². The molecular formula is C12H12Br2ClNO. The van der Waals surface area contributed by atoms with Crippen LogP contribution in [0.5, 0.6) is 0 Å². The molecule has 1 unspecified atom stereocenters. The van der Waals surface area contributed by atoms with Crippen molar-refractivity contribution in [3.63, 3.8) is 0 Å². The predicted octanol–water partition coefficient (Wildman–Crippen LogP) is 4.01. The number of halogens is 3. The minimum absolute atomic E-state index is 0.0625. The molecule has 1 aromatic carbocycles. The summed E-state index contributed by atoms with van der Waals surface area (Å²) in [5.74, 6) is 0.666. The summed E-state index contributed by atoms with van der Waals surface area (Å²) in [6.45, 7) is 0.670. The Morgan fingerprint density at radius 2 is 2.24 bits per heavy atom. The Morgan fingerprint density at radius 3 is 2.82 bits per heavy atom. The van der Waals surface area contributed by atoms with Crippen molar-refractivity contribution in [1.82, 2.24) is 5.32 Å². The number of benzene rings is 1. The molecule has 1 aliphatic carbocycles. The van der Waals surface area contributed by atoms with Gasteiger partial charge in [0.15, 0.2) is 0 Å². The van der Waals surface area contributed by atoms with Gasteiger partial charge in [0.1, 0.15) is 0 Å². The summed E-state index contributed by atoms with van der Waals surface area (Å²) in [7, 11) is 0. The molecule has 0 heterocycles. The lowest BCUT2D eigenvalue weighted by Gasteiger charge is -2.10. The zero-order valence-corrected chi connectivity index (χ0v) is 13.0. The van der Waals surface area contributed by atoms with Crippen molar-refractivity contribution in [1.29, 1.82) is 0 Å². The monoisotopic (exact) mass is 379 g/mol. The zero-order valence-electron chi connectivity index (χ0n) is 9.05. The highest BCUT2D eigenvalue weighted by Crippen LogP contribution is 2.36. The molecule has 1 aliphatic rings. The fraction of sp³-hybridized carbons (Fsp3) is 0.417. The number of carbonyl (C=O) groups is 1. The average Bonchev–Trinajstić information content (AvgIpc) is 3.13. The van der Waals surface area contributed by atoms with Crippen molar-refractivity contribution in [3.05, 3.63) is 33.3 Å². The van der Waals surface area contributed by atoms with Gasteiger partial charge in [-0.05, 0) is 52.9 Å². The molecule has 0 bridgehead atoms. The van der Waals surface area contributed by atoms with Crippen molar-refractivity contribution < 1.29 is 4.79 Å². The van der Waals surface area contributed by atoms with E-state index in [0.717, 1.165) is 10.4 Å². The van der Waals surface area contributed by atoms with E-state index in [9.17, 15) is 4.79 Å². The molecule has 1 fully saturated rings. The molecule has 0 aliphatic heterocycles. The Kier molecular flexibility index (Phi) is 4.50. The second-order valence-electron chi connectivity index (χ2n) is 4.19. The van der Waals surface area contributed by atoms with E-state index in [1.807, 2.05) is 0 Å². The Morgan fingerprint density at radius 1 is 1.53 bits per heavy atom. The Labute approximate surface area is 122 Å². The maximum Gasteiger partial charge on any atom is 0.251 e. The molecule has 17 heavy (non-hydrogen) atoms. The summed E-state index contributed by atoms with van der Waals surface area (Å²) in [4.78, 5) is 12.3. The Hall–Kier alpha value is -0.0600. The van der Waals surface area contributed by atoms with Gasteiger partial charge in [-0.3, -0.25) is 4.79 Å². The molecule has 5 heteroatoms. The van der Waals surface area contributed by atoms with Gasteiger partial charge in [-0.25, -0.2) is 0 Å². The molecule has 2 nitrogen and oxygen atoms in total. The molecule has 0 spiro atoms. The highest BCUT2D eigenvalue weighted by molar-refractivity contribution is 9.10. The van der Waals surface area contributed by atoms with Gasteiger partial charge in [0.25, 0.3) is 5.91 Å². The summed E-state index contributed by atoms with van der Waals surface area (Å²) in [6, 6.07) is 5.17. The van der Waals surface area contributed by atoms with E-state index in [0.29, 0.717) is 22.0 Å². The van der Waals surface area contributed by atoms with Gasteiger partial charge in [-0.15, -0.1) is 0 Å². The molecule has 1 N–H and O–H groups in total. The van der Waals surface area contributed by atoms with Gasteiger partial charge >= 0.3 is 0 Å². The molecule has 0 radical (unpaired) electrons. The van der Waals surface area contributed by atoms with Crippen LogP contribution in [0.4, 0.5) is 0 Å². The summed E-state index contributed by atoms with van der Waals surface area (Å²) < 4.78 is 0.740. The first kappa shape index (κ1) is 13.4. The van der Waals surface area contributed by atoms with E-state index in [1.54, 1.807) is 18.2 Å². The van der Waals surface area contributed by atoms with Crippen LogP contribution in [0.25, 0.3) is 0 Å². The van der Waals surface area contributed by atoms with Crippen molar-refractivity contribution in [2.24, 2.45) is 5.92 Å². The molecule has 92 valence electrons. The summed E-state index contributed by atoms with van der Waals surface area (Å²) in [6.07, 6.45) is 2.52. The number of amides is 1. The van der Waals surface area contributed by atoms with Gasteiger partial charge in [-0.1, -0.05) is 27.5 Å². The quantitative estimate of drug-likeness (QED) is 0.785. The topological polar surface area (TPSA) is 29.1 Å². The number of rotatable bonds is 4. The summed E-state index contributed by atoms with van der Waals surface area (Å²) >= 11 is 12.8. The Balaban J connectivity index is 1.92. The minimum Gasteiger partial charge on any atom is -0.351 e. The van der Waals surface area contributed by atoms with Crippen LogP contribution in [-0.2, 0) is 0 Å². The fourth-order valence-corrected chi connectivity index (χ4v) is 2.74. The third-order valence-electron chi connectivity index (χ3n) is 2.77. The van der Waals surface area contributed by atoms with Crippen LogP contribution in [0.2, 0.25) is 5.02 Å². The lowest BCUT2D eigenvalue weighted by atomic mass is 10.2. The van der Waals surface area contributed by atoms with E-state index < -0.39 is 0 Å². The van der Waals surface area contributed by atoms with Crippen LogP contribution in [0.3, 0.4) is 0 Å². The first-order valence-corrected chi connectivity index (χ1v) is 7.54. The van der Waals surface area contributed by atoms with E-state index in [4.69, 9.17) is 11.6 Å². The molecule has 1 aromatic rings. The highest BCUT2D eigenvalue weighted by Gasteiger charge is 2.29. The standard InChI is InChI=1S/C12H12Br2ClNO/c13-9-5-8(3-4-11(9)15)12(17)16-6-10(14)7-1-2-7/h3-5,7,10H,1-2,6H2,(H,16,17). The zero-order chi connectivity index (χ0) is 12.4. The molecule has 0 aromatic heterocycles. The number of carbonyl (C=O) groups excluding carboxylic acids is 1. The molecule has 1 atom stereocenters. The van der Waals surface area contributed by atoms with Crippen LogP contribution >= 0.6 is 43.5 Å². The molecule has 1 amide bonds. The van der Waals surface area contributed by atoms with Crippen molar-refractivity contribution >= 4 is 49.4 Å². The van der Waals surface area contributed by atoms with Crippen LogP contribution in [0.1, 0.15) is 23.2 Å². The first-order chi connectivity index (χ1) is 8.08. The molecule has 0 saturated heterocycles. The number of hydrogen-bond acceptors (Lipinski definition) is 1. The third-order valence-corrected chi connectivity index (χ3v) is 5.06. The number of nitrogens with one attached hydrogen (secondary N) is 1. The van der Waals surface area contributed by atoms with Crippen molar-refractivity contribution in [2.75, 3.05) is 6.54 Å². The Bertz CT molecular complexity index is 435. The number of hydrogen-bond donors (Lipinski definition) is 1. The SMILES string of the molecule is O=C(NCC(Br)C1CC1)c1ccc(Cl)c(Br)c1. The largest absolute Gasteiger partial charge is 0.351 e. The van der Waals surface area contributed by atoms with Crippen molar-refractivity contribution in [3.8, 4) is 0 Å². The molecule has 1 saturated carbocycles. The van der Waals surface area contributed by atoms with Gasteiger partial charge < -0.3 is 5.32 Å². The van der Waals surface area contributed by atoms with E-state index in [1.165, 1.54) is 12.8 Å². The normalized spacial score (nSPS) is 16.6. The van der Waals surface area contributed by atoms with E-state index in [2.05, 4.69) is 37.2 Å². The minimum atomic E-state index is -0.0625. The lowest BCUT2D eigenvalue weighted by molar-refractivity contribution is 0.0953. The smallest absolute Gasteiger partial charge is 0.251 e. The van der Waals surface area contributed by atoms with Gasteiger partial charge in [0.2, 0.25) is 0 Å². The van der Waals surface area contributed by atoms with Crippen LogP contribution in [0, 0.1) is 5.92 Å². The average molecular weight is 381 g/mol. The van der Waals surface area contributed by atoms with Crippen LogP contribution in [0.15, 0.2) is 22.7 Å². The molecular weight excluding hydrogens is 369 g/mol. The van der Waals surface area contributed by atoms with Crippen LogP contribution in [-0.4, -0.2) is 17.3 Å². The first-order valence-electron chi connectivity index (χ1n) is 5.45. The summed E-state index contributed by atoms with van der Waals surface area (Å²) in [5, 5.41) is 3.53. The maximum absolute atomic E-state index is 11.9. The second-order valence-corrected chi connectivity index (χ2v) is 6.63. The number of alkyl halides is 1. The van der Waals surface area contributed by atoms with Gasteiger partial charge in [0.05, 0.1) is 5.02 Å². The highest BCUT2D eigenvalue weighted by atomic mass is 79.9. The van der Waals surface area contributed by atoms with Gasteiger partial charge in [-0.2, -0.15) is 0 Å². The van der Waals surface area contributed by atoms with Gasteiger partial charge in [0, 0.05) is 21.4 Å². The van der Waals surface area contributed by atoms with E-state index in [-0.39, 0.29) is 5.91 Å². The summed E-state index contributed by atoms with van der Waals surface area (Å²) in [5.41, 5.74) is 0.622. The maximum atomic E-state index is 11.9. The van der Waals surface area contributed by atoms with E-state index >= 15 is 0 Å². The lowest BCUT2D eigenvalue weighted by Crippen LogP contribution is -2.30.